The maximum absolute atomic E-state index is 10.5. The van der Waals surface area contributed by atoms with E-state index in [1.165, 1.54) is 80.8 Å². The largest absolute Gasteiger partial charge is 0.507 e. The smallest absolute Gasteiger partial charge is 0.217 e. The fourth-order valence-corrected chi connectivity index (χ4v) is 16.8. The zero-order chi connectivity index (χ0) is 87.5. The first-order valence-electron chi connectivity index (χ1n) is 42.8. The van der Waals surface area contributed by atoms with E-state index >= 15 is 0 Å². The van der Waals surface area contributed by atoms with E-state index < -0.39 is 0 Å². The van der Waals surface area contributed by atoms with E-state index in [1.807, 2.05) is 120 Å². The second-order valence-corrected chi connectivity index (χ2v) is 31.7. The van der Waals surface area contributed by atoms with Crippen molar-refractivity contribution >= 4 is 108 Å². The van der Waals surface area contributed by atoms with Crippen LogP contribution in [0.3, 0.4) is 0 Å². The number of phenolic OH excluding ortho intramolecular Hbond substituents is 4. The highest BCUT2D eigenvalue weighted by Gasteiger charge is 2.23. The first-order chi connectivity index (χ1) is 62.6. The number of aromatic nitrogens is 8. The lowest BCUT2D eigenvalue weighted by Crippen LogP contribution is -2.08. The molecule has 0 fully saturated rings. The number of hydrogen-bond donors (Lipinski definition) is 4. The van der Waals surface area contributed by atoms with Crippen LogP contribution in [0.5, 0.6) is 46.5 Å². The predicted molar refractivity (Wildman–Crippen MR) is 518 cm³/mol. The van der Waals surface area contributed by atoms with Gasteiger partial charge in [-0.1, -0.05) is 249 Å². The first kappa shape index (κ1) is 81.2. The van der Waals surface area contributed by atoms with Gasteiger partial charge < -0.3 is 39.4 Å². The fraction of sp³-hybridized carbons (Fsp3) is 0.0893. The summed E-state index contributed by atoms with van der Waals surface area (Å²) in [5.74, 6) is 4.23. The molecule has 4 N–H and O–H groups in total. The molecule has 0 saturated carbocycles. The van der Waals surface area contributed by atoms with E-state index in [9.17, 15) is 20.4 Å². The molecule has 0 spiro atoms. The molecule has 0 bridgehead atoms. The Balaban J connectivity index is 0.000000111. The van der Waals surface area contributed by atoms with Crippen molar-refractivity contribution in [3.63, 3.8) is 0 Å². The molecule has 4 heterocycles. The lowest BCUT2D eigenvalue weighted by atomic mass is 9.91. The van der Waals surface area contributed by atoms with Gasteiger partial charge >= 0.3 is 0 Å². The third-order valence-electron chi connectivity index (χ3n) is 22.6. The van der Waals surface area contributed by atoms with E-state index in [2.05, 4.69) is 238 Å². The highest BCUT2D eigenvalue weighted by Crippen LogP contribution is 2.45. The monoisotopic (exact) mass is 1670 g/mol. The molecule has 16 heteroatoms. The molecule has 4 aromatic heterocycles. The Hall–Kier alpha value is -16.5. The number of fused-ring (bicyclic) bond motifs is 10. The van der Waals surface area contributed by atoms with Gasteiger partial charge in [0.05, 0.1) is 70.5 Å². The van der Waals surface area contributed by atoms with Crippen molar-refractivity contribution in [1.29, 1.82) is 0 Å². The Morgan fingerprint density at radius 2 is 0.555 bits per heavy atom. The third-order valence-corrected chi connectivity index (χ3v) is 22.6. The fourth-order valence-electron chi connectivity index (χ4n) is 16.8. The summed E-state index contributed by atoms with van der Waals surface area (Å²) in [5.41, 5.74) is 9.29. The average Bonchev–Trinajstić information content (AvgIpc) is 0.733. The van der Waals surface area contributed by atoms with Gasteiger partial charge in [0, 0.05) is 46.5 Å². The summed E-state index contributed by atoms with van der Waals surface area (Å²) in [7, 11) is 0. The number of rotatable bonds is 16. The standard InChI is InChI=1S/C31H24N2O2.C28H20N2O2.C27H22N2O2.C26H20N2O2/c1-19(2)35-30-18-28(32-31(33-30)25-13-7-8-14-29(25)34)27-17-26-21-10-4-3-9-20(21)15-16-24(26)22-11-5-6-12-23(22)27;1-2-32-25-16-23(29-28(30-25)22-8-3-4-9-24(22)31)20-14-12-19-11-10-17-6-5-7-18-13-15-21(20)27(19)26(17)18;1-17(2)31-26-16-24(28-27(29-26)23-9-5-6-10-25(23)30)21-12-11-20-13-18-7-3-4-8-19(18)14-22(20)15-21;1-2-30-25-16-23(27-26(28-25)21-13-7-8-14-24(21)29)22-15-17-9-3-4-10-18(17)19-11-5-6-12-20(19)22/h3-19,34H,1-2H3;3-16,31H,2H2,1H3;3-17,30H,1-2H3;3-16,29H,2H2,1H3. The SMILES string of the molecule is CC(C)Oc1cc(-c2cc3c4ccccc4ccc3c3ccccc23)nc(-c2ccccc2O)n1.CC(C)Oc1cc(-c2ccc3cc4ccccc4cc3c2)nc(-c2ccccc2O)n1.CCOc1cc(-c2cc3ccccc3c3ccccc23)nc(-c2ccccc2O)n1.CCOc1cc(-c2ccc3ccc4cccc5ccc2c3c45)nc(-c2ccccc2O)n1. The molecule has 0 amide bonds. The lowest BCUT2D eigenvalue weighted by molar-refractivity contribution is 0.232. The molecule has 0 unspecified atom stereocenters. The van der Waals surface area contributed by atoms with Crippen molar-refractivity contribution < 1.29 is 39.4 Å². The number of phenols is 4. The molecule has 22 rings (SSSR count). The molecule has 0 aliphatic carbocycles. The van der Waals surface area contributed by atoms with Crippen molar-refractivity contribution in [2.75, 3.05) is 13.2 Å². The third kappa shape index (κ3) is 16.5. The molecule has 0 aliphatic rings. The molecule has 0 aliphatic heterocycles. The summed E-state index contributed by atoms with van der Waals surface area (Å²) < 4.78 is 23.4. The van der Waals surface area contributed by atoms with Gasteiger partial charge in [-0.2, -0.15) is 19.9 Å². The van der Waals surface area contributed by atoms with Crippen molar-refractivity contribution in [2.24, 2.45) is 0 Å². The average molecular weight is 1670 g/mol. The molecular formula is C112H86N8O8. The van der Waals surface area contributed by atoms with Gasteiger partial charge in [-0.05, 0) is 228 Å². The number of ether oxygens (including phenoxy) is 4. The van der Waals surface area contributed by atoms with E-state index in [0.29, 0.717) is 82.3 Å². The van der Waals surface area contributed by atoms with Crippen molar-refractivity contribution in [2.45, 2.75) is 53.8 Å². The number of benzene rings is 18. The lowest BCUT2D eigenvalue weighted by Gasteiger charge is -2.15. The van der Waals surface area contributed by atoms with E-state index in [1.54, 1.807) is 54.6 Å². The van der Waals surface area contributed by atoms with Crippen LogP contribution in [0.2, 0.25) is 0 Å². The molecule has 16 nitrogen and oxygen atoms in total. The predicted octanol–water partition coefficient (Wildman–Crippen LogP) is 27.4. The number of nitrogens with zero attached hydrogens (tertiary/aromatic N) is 8. The summed E-state index contributed by atoms with van der Waals surface area (Å²) in [6.07, 6.45) is -0.0739. The van der Waals surface area contributed by atoms with E-state index in [0.717, 1.165) is 72.0 Å². The zero-order valence-electron chi connectivity index (χ0n) is 71.1. The summed E-state index contributed by atoms with van der Waals surface area (Å²) in [6.45, 7) is 12.7. The summed E-state index contributed by atoms with van der Waals surface area (Å²) in [5, 5.41) is 65.3. The van der Waals surface area contributed by atoms with Crippen LogP contribution < -0.4 is 18.9 Å². The number of hydrogen-bond acceptors (Lipinski definition) is 16. The zero-order valence-corrected chi connectivity index (χ0v) is 71.1. The summed E-state index contributed by atoms with van der Waals surface area (Å²) >= 11 is 0. The minimum Gasteiger partial charge on any atom is -0.507 e. The first-order valence-corrected chi connectivity index (χ1v) is 42.8. The van der Waals surface area contributed by atoms with E-state index in [-0.39, 0.29) is 35.2 Å². The van der Waals surface area contributed by atoms with Crippen LogP contribution in [-0.4, -0.2) is 85.7 Å². The number of para-hydroxylation sites is 4. The van der Waals surface area contributed by atoms with Crippen molar-refractivity contribution in [3.8, 4) is 137 Å². The molecule has 0 atom stereocenters. The van der Waals surface area contributed by atoms with Gasteiger partial charge in [0.1, 0.15) is 23.0 Å². The van der Waals surface area contributed by atoms with Gasteiger partial charge in [0.15, 0.2) is 23.3 Å². The molecule has 622 valence electrons. The van der Waals surface area contributed by atoms with Gasteiger partial charge in [0.25, 0.3) is 0 Å². The minimum absolute atomic E-state index is 0.0251. The summed E-state index contributed by atoms with van der Waals surface area (Å²) in [6, 6.07) is 117. The quantitative estimate of drug-likeness (QED) is 0.0522. The van der Waals surface area contributed by atoms with E-state index in [4.69, 9.17) is 38.9 Å². The van der Waals surface area contributed by atoms with Crippen LogP contribution in [0.1, 0.15) is 41.5 Å². The normalized spacial score (nSPS) is 11.4. The van der Waals surface area contributed by atoms with Gasteiger partial charge in [-0.15, -0.1) is 0 Å². The van der Waals surface area contributed by atoms with Crippen LogP contribution in [0, 0.1) is 0 Å². The van der Waals surface area contributed by atoms with Crippen molar-refractivity contribution in [1.82, 2.24) is 39.9 Å². The van der Waals surface area contributed by atoms with Crippen LogP contribution >= 0.6 is 0 Å². The maximum atomic E-state index is 10.5. The Kier molecular flexibility index (Phi) is 22.5. The van der Waals surface area contributed by atoms with Crippen molar-refractivity contribution in [3.05, 3.63) is 352 Å². The van der Waals surface area contributed by atoms with Gasteiger partial charge in [0.2, 0.25) is 23.5 Å². The molecule has 22 aromatic rings. The highest BCUT2D eigenvalue weighted by atomic mass is 16.5. The topological polar surface area (TPSA) is 221 Å². The molecule has 0 saturated heterocycles. The Morgan fingerprint density at radius 3 is 1.06 bits per heavy atom. The minimum atomic E-state index is -0.0488. The molecule has 128 heavy (non-hydrogen) atoms. The van der Waals surface area contributed by atoms with Gasteiger partial charge in [-0.25, -0.2) is 19.9 Å². The number of aromatic hydroxyl groups is 4. The van der Waals surface area contributed by atoms with Crippen LogP contribution in [0.4, 0.5) is 0 Å². The Morgan fingerprint density at radius 1 is 0.219 bits per heavy atom. The highest BCUT2D eigenvalue weighted by molar-refractivity contribution is 6.26. The van der Waals surface area contributed by atoms with Crippen LogP contribution in [0.15, 0.2) is 352 Å². The van der Waals surface area contributed by atoms with Crippen LogP contribution in [0.25, 0.3) is 198 Å². The summed E-state index contributed by atoms with van der Waals surface area (Å²) in [4.78, 5) is 37.6. The van der Waals surface area contributed by atoms with Crippen LogP contribution in [-0.2, 0) is 0 Å². The Bertz CT molecular complexity index is 7960. The maximum Gasteiger partial charge on any atom is 0.217 e. The van der Waals surface area contributed by atoms with Gasteiger partial charge in [-0.3, -0.25) is 0 Å². The second kappa shape index (κ2) is 35.4. The Labute approximate surface area is 738 Å². The molecule has 18 aromatic carbocycles. The molecular weight excluding hydrogens is 1590 g/mol. The second-order valence-electron chi connectivity index (χ2n) is 31.7. The molecule has 0 radical (unpaired) electrons.